The molecule has 0 bridgehead atoms. The third-order valence-electron chi connectivity index (χ3n) is 4.36. The highest BCUT2D eigenvalue weighted by Crippen LogP contribution is 2.33. The first-order valence-corrected chi connectivity index (χ1v) is 7.25. The quantitative estimate of drug-likeness (QED) is 0.823. The maximum Gasteiger partial charge on any atom is 0.108 e. The molecule has 1 saturated heterocycles. The van der Waals surface area contributed by atoms with E-state index in [1.165, 1.54) is 0 Å². The number of hydrogen-bond acceptors (Lipinski definition) is 4. The molecular formula is C14H25N3O. The number of nitrogens with zero attached hydrogens (tertiary/aromatic N) is 2. The summed E-state index contributed by atoms with van der Waals surface area (Å²) >= 11 is 0. The maximum absolute atomic E-state index is 9.41. The molecular weight excluding hydrogens is 226 g/mol. The molecule has 2 rings (SSSR count). The summed E-state index contributed by atoms with van der Waals surface area (Å²) in [5, 5.41) is 12.8. The van der Waals surface area contributed by atoms with Crippen molar-refractivity contribution < 1.29 is 4.74 Å². The lowest BCUT2D eigenvalue weighted by molar-refractivity contribution is -0.0440. The molecule has 3 unspecified atom stereocenters. The van der Waals surface area contributed by atoms with Gasteiger partial charge in [-0.15, -0.1) is 0 Å². The minimum Gasteiger partial charge on any atom is -0.376 e. The summed E-state index contributed by atoms with van der Waals surface area (Å²) in [6.45, 7) is 8.04. The number of ether oxygens (including phenoxy) is 1. The molecule has 3 atom stereocenters. The highest BCUT2D eigenvalue weighted by atomic mass is 16.5. The standard InChI is InChI=1S/C14H25N3O/c1-3-13-10-17(7-8-18-13)12-5-6-14(9-12,11-15)16-4-2/h12-13,16H,3-10H2,1-2H3. The Morgan fingerprint density at radius 3 is 3.00 bits per heavy atom. The van der Waals surface area contributed by atoms with E-state index in [4.69, 9.17) is 4.74 Å². The fourth-order valence-electron chi connectivity index (χ4n) is 3.29. The van der Waals surface area contributed by atoms with Crippen LogP contribution in [0, 0.1) is 11.3 Å². The molecule has 0 aromatic rings. The van der Waals surface area contributed by atoms with E-state index < -0.39 is 0 Å². The molecule has 1 N–H and O–H groups in total. The summed E-state index contributed by atoms with van der Waals surface area (Å²) in [6.07, 6.45) is 4.55. The van der Waals surface area contributed by atoms with Crippen LogP contribution in [0.15, 0.2) is 0 Å². The van der Waals surface area contributed by atoms with Crippen LogP contribution in [0.4, 0.5) is 0 Å². The van der Waals surface area contributed by atoms with Crippen molar-refractivity contribution in [1.29, 1.82) is 5.26 Å². The molecule has 2 aliphatic rings. The van der Waals surface area contributed by atoms with Crippen LogP contribution in [0.1, 0.15) is 39.5 Å². The maximum atomic E-state index is 9.41. The number of rotatable bonds is 4. The first kappa shape index (κ1) is 13.8. The lowest BCUT2D eigenvalue weighted by atomic mass is 9.99. The topological polar surface area (TPSA) is 48.3 Å². The summed E-state index contributed by atoms with van der Waals surface area (Å²) < 4.78 is 5.72. The van der Waals surface area contributed by atoms with Crippen molar-refractivity contribution in [3.05, 3.63) is 0 Å². The highest BCUT2D eigenvalue weighted by molar-refractivity contribution is 5.13. The number of hydrogen-bond donors (Lipinski definition) is 1. The van der Waals surface area contributed by atoms with Crippen LogP contribution >= 0.6 is 0 Å². The average Bonchev–Trinajstić information content (AvgIpc) is 2.84. The summed E-state index contributed by atoms with van der Waals surface area (Å²) in [6, 6.07) is 3.06. The van der Waals surface area contributed by atoms with Gasteiger partial charge >= 0.3 is 0 Å². The summed E-state index contributed by atoms with van der Waals surface area (Å²) in [5.74, 6) is 0. The Kier molecular flexibility index (Phi) is 4.60. The predicted molar refractivity (Wildman–Crippen MR) is 71.3 cm³/mol. The van der Waals surface area contributed by atoms with Crippen LogP contribution in [0.25, 0.3) is 0 Å². The zero-order valence-electron chi connectivity index (χ0n) is 11.6. The van der Waals surface area contributed by atoms with Crippen LogP contribution in [0.3, 0.4) is 0 Å². The molecule has 1 saturated carbocycles. The molecule has 102 valence electrons. The fraction of sp³-hybridized carbons (Fsp3) is 0.929. The van der Waals surface area contributed by atoms with Crippen LogP contribution in [0.5, 0.6) is 0 Å². The Morgan fingerprint density at radius 2 is 2.33 bits per heavy atom. The van der Waals surface area contributed by atoms with E-state index in [9.17, 15) is 5.26 Å². The lowest BCUT2D eigenvalue weighted by Crippen LogP contribution is -2.49. The van der Waals surface area contributed by atoms with Crippen LogP contribution in [-0.4, -0.2) is 48.8 Å². The summed E-state index contributed by atoms with van der Waals surface area (Å²) in [4.78, 5) is 2.54. The molecule has 1 aliphatic carbocycles. The SMILES string of the molecule is CCNC1(C#N)CCC(N2CCOC(CC)C2)C1. The van der Waals surface area contributed by atoms with Gasteiger partial charge in [-0.3, -0.25) is 10.2 Å². The van der Waals surface area contributed by atoms with Crippen molar-refractivity contribution >= 4 is 0 Å². The van der Waals surface area contributed by atoms with Crippen molar-refractivity contribution in [2.24, 2.45) is 0 Å². The van der Waals surface area contributed by atoms with E-state index in [1.54, 1.807) is 0 Å². The van der Waals surface area contributed by atoms with Gasteiger partial charge in [0.25, 0.3) is 0 Å². The van der Waals surface area contributed by atoms with Gasteiger partial charge in [-0.1, -0.05) is 13.8 Å². The normalized spacial score (nSPS) is 37.6. The van der Waals surface area contributed by atoms with Crippen molar-refractivity contribution in [2.45, 2.75) is 57.2 Å². The predicted octanol–water partition coefficient (Wildman–Crippen LogP) is 1.52. The van der Waals surface area contributed by atoms with E-state index in [0.29, 0.717) is 12.1 Å². The Balaban J connectivity index is 1.93. The zero-order valence-corrected chi connectivity index (χ0v) is 11.6. The first-order chi connectivity index (χ1) is 8.73. The lowest BCUT2D eigenvalue weighted by Gasteiger charge is -2.37. The monoisotopic (exact) mass is 251 g/mol. The second kappa shape index (κ2) is 6.01. The molecule has 18 heavy (non-hydrogen) atoms. The Morgan fingerprint density at radius 1 is 1.50 bits per heavy atom. The van der Waals surface area contributed by atoms with Crippen LogP contribution in [0.2, 0.25) is 0 Å². The Hall–Kier alpha value is -0.630. The van der Waals surface area contributed by atoms with Gasteiger partial charge in [0.15, 0.2) is 0 Å². The number of morpholine rings is 1. The second-order valence-corrected chi connectivity index (χ2v) is 5.52. The van der Waals surface area contributed by atoms with E-state index in [0.717, 1.165) is 51.9 Å². The van der Waals surface area contributed by atoms with Gasteiger partial charge in [-0.05, 0) is 32.2 Å². The minimum absolute atomic E-state index is 0.278. The fourth-order valence-corrected chi connectivity index (χ4v) is 3.29. The first-order valence-electron chi connectivity index (χ1n) is 7.25. The van der Waals surface area contributed by atoms with Crippen molar-refractivity contribution in [3.8, 4) is 6.07 Å². The molecule has 4 heteroatoms. The smallest absolute Gasteiger partial charge is 0.108 e. The molecule has 1 heterocycles. The van der Waals surface area contributed by atoms with Crippen molar-refractivity contribution in [2.75, 3.05) is 26.2 Å². The zero-order chi connectivity index (χ0) is 13.0. The number of nitriles is 1. The molecule has 0 radical (unpaired) electrons. The number of nitrogens with one attached hydrogen (secondary N) is 1. The van der Waals surface area contributed by atoms with E-state index in [-0.39, 0.29) is 5.54 Å². The van der Waals surface area contributed by atoms with E-state index in [1.807, 2.05) is 0 Å². The third-order valence-corrected chi connectivity index (χ3v) is 4.36. The second-order valence-electron chi connectivity index (χ2n) is 5.52. The Labute approximate surface area is 110 Å². The Bertz CT molecular complexity index is 315. The molecule has 4 nitrogen and oxygen atoms in total. The van der Waals surface area contributed by atoms with Gasteiger partial charge in [-0.25, -0.2) is 0 Å². The van der Waals surface area contributed by atoms with Gasteiger partial charge in [0.2, 0.25) is 0 Å². The van der Waals surface area contributed by atoms with E-state index in [2.05, 4.69) is 30.1 Å². The van der Waals surface area contributed by atoms with Gasteiger partial charge in [0, 0.05) is 19.1 Å². The third kappa shape index (κ3) is 2.85. The summed E-state index contributed by atoms with van der Waals surface area (Å²) in [5.41, 5.74) is -0.278. The highest BCUT2D eigenvalue weighted by Gasteiger charge is 2.41. The molecule has 0 aromatic carbocycles. The molecule has 2 fully saturated rings. The van der Waals surface area contributed by atoms with Gasteiger partial charge in [-0.2, -0.15) is 5.26 Å². The van der Waals surface area contributed by atoms with Crippen LogP contribution < -0.4 is 5.32 Å². The minimum atomic E-state index is -0.278. The average molecular weight is 251 g/mol. The van der Waals surface area contributed by atoms with Crippen molar-refractivity contribution in [3.63, 3.8) is 0 Å². The van der Waals surface area contributed by atoms with Crippen molar-refractivity contribution in [1.82, 2.24) is 10.2 Å². The van der Waals surface area contributed by atoms with Gasteiger partial charge in [0.05, 0.1) is 18.8 Å². The summed E-state index contributed by atoms with van der Waals surface area (Å²) in [7, 11) is 0. The van der Waals surface area contributed by atoms with Gasteiger partial charge < -0.3 is 4.74 Å². The van der Waals surface area contributed by atoms with E-state index >= 15 is 0 Å². The molecule has 0 aromatic heterocycles. The largest absolute Gasteiger partial charge is 0.376 e. The molecule has 0 amide bonds. The molecule has 0 spiro atoms. The molecule has 1 aliphatic heterocycles. The van der Waals surface area contributed by atoms with Gasteiger partial charge in [0.1, 0.15) is 5.54 Å². The van der Waals surface area contributed by atoms with Crippen LogP contribution in [-0.2, 0) is 4.74 Å².